The number of hydrogen-bond donors (Lipinski definition) is 1. The average Bonchev–Trinajstić information content (AvgIpc) is 2.27. The Hall–Kier alpha value is -1.51. The number of aryl methyl sites for hydroxylation is 2. The molecule has 0 heterocycles. The first-order chi connectivity index (χ1) is 8.42. The fourth-order valence-corrected chi connectivity index (χ4v) is 1.72. The van der Waals surface area contributed by atoms with Crippen LogP contribution in [0.4, 0.5) is 0 Å². The summed E-state index contributed by atoms with van der Waals surface area (Å²) in [4.78, 5) is 11.9. The molecule has 0 fully saturated rings. The monoisotopic (exact) mass is 249 g/mol. The Balaban J connectivity index is 2.63. The van der Waals surface area contributed by atoms with Gasteiger partial charge in [0.1, 0.15) is 5.75 Å². The third-order valence-electron chi connectivity index (χ3n) is 2.88. The van der Waals surface area contributed by atoms with Crippen LogP contribution < -0.4 is 10.1 Å². The molecule has 0 saturated heterocycles. The number of benzene rings is 1. The lowest BCUT2D eigenvalue weighted by atomic mass is 10.1. The van der Waals surface area contributed by atoms with E-state index in [-0.39, 0.29) is 11.9 Å². The van der Waals surface area contributed by atoms with Gasteiger partial charge in [-0.2, -0.15) is 0 Å². The molecule has 0 spiro atoms. The van der Waals surface area contributed by atoms with Gasteiger partial charge in [0.15, 0.2) is 6.10 Å². The van der Waals surface area contributed by atoms with Crippen LogP contribution in [0.25, 0.3) is 0 Å². The maximum absolute atomic E-state index is 11.9. The number of hydrogen-bond acceptors (Lipinski definition) is 2. The van der Waals surface area contributed by atoms with Gasteiger partial charge in [0.25, 0.3) is 5.91 Å². The van der Waals surface area contributed by atoms with Crippen molar-refractivity contribution >= 4 is 5.91 Å². The van der Waals surface area contributed by atoms with Gasteiger partial charge in [0.05, 0.1) is 0 Å². The average molecular weight is 249 g/mol. The second-order valence-corrected chi connectivity index (χ2v) is 4.90. The van der Waals surface area contributed by atoms with E-state index in [1.807, 2.05) is 39.8 Å². The van der Waals surface area contributed by atoms with Crippen molar-refractivity contribution in [3.05, 3.63) is 29.3 Å². The second kappa shape index (κ2) is 6.43. The summed E-state index contributed by atoms with van der Waals surface area (Å²) in [6, 6.07) is 6.15. The van der Waals surface area contributed by atoms with Crippen molar-refractivity contribution in [2.45, 2.75) is 53.2 Å². The van der Waals surface area contributed by atoms with Crippen LogP contribution in [0.2, 0.25) is 0 Å². The summed E-state index contributed by atoms with van der Waals surface area (Å²) in [5, 5.41) is 2.91. The molecule has 3 heteroatoms. The van der Waals surface area contributed by atoms with E-state index in [4.69, 9.17) is 4.74 Å². The summed E-state index contributed by atoms with van der Waals surface area (Å²) in [7, 11) is 0. The SMILES string of the molecule is CC[C@@H](C)NC(=O)[C@@H](C)Oc1cc(C)cc(C)c1. The molecule has 18 heavy (non-hydrogen) atoms. The van der Waals surface area contributed by atoms with Gasteiger partial charge < -0.3 is 10.1 Å². The molecule has 0 saturated carbocycles. The molecule has 100 valence electrons. The molecule has 1 aromatic rings. The zero-order valence-electron chi connectivity index (χ0n) is 11.9. The van der Waals surface area contributed by atoms with E-state index in [2.05, 4.69) is 11.4 Å². The zero-order chi connectivity index (χ0) is 13.7. The lowest BCUT2D eigenvalue weighted by Crippen LogP contribution is -2.40. The number of carbonyl (C=O) groups excluding carboxylic acids is 1. The molecular formula is C15H23NO2. The summed E-state index contributed by atoms with van der Waals surface area (Å²) in [6.07, 6.45) is 0.447. The first-order valence-electron chi connectivity index (χ1n) is 6.47. The molecule has 3 nitrogen and oxygen atoms in total. The van der Waals surface area contributed by atoms with Crippen molar-refractivity contribution in [2.24, 2.45) is 0 Å². The minimum Gasteiger partial charge on any atom is -0.481 e. The van der Waals surface area contributed by atoms with E-state index in [9.17, 15) is 4.79 Å². The molecule has 2 atom stereocenters. The largest absolute Gasteiger partial charge is 0.481 e. The molecule has 0 bridgehead atoms. The van der Waals surface area contributed by atoms with E-state index in [0.29, 0.717) is 0 Å². The highest BCUT2D eigenvalue weighted by Gasteiger charge is 2.16. The zero-order valence-corrected chi connectivity index (χ0v) is 11.9. The molecular weight excluding hydrogens is 226 g/mol. The molecule has 1 rings (SSSR count). The molecule has 0 aliphatic carbocycles. The quantitative estimate of drug-likeness (QED) is 0.871. The maximum atomic E-state index is 11.9. The predicted octanol–water partition coefficient (Wildman–Crippen LogP) is 2.99. The number of ether oxygens (including phenoxy) is 1. The van der Waals surface area contributed by atoms with Crippen molar-refractivity contribution in [3.8, 4) is 5.75 Å². The van der Waals surface area contributed by atoms with E-state index in [0.717, 1.165) is 23.3 Å². The highest BCUT2D eigenvalue weighted by Crippen LogP contribution is 2.17. The van der Waals surface area contributed by atoms with Crippen LogP contribution >= 0.6 is 0 Å². The van der Waals surface area contributed by atoms with Crippen molar-refractivity contribution in [3.63, 3.8) is 0 Å². The van der Waals surface area contributed by atoms with Gasteiger partial charge in [0.2, 0.25) is 0 Å². The van der Waals surface area contributed by atoms with E-state index in [1.54, 1.807) is 6.92 Å². The van der Waals surface area contributed by atoms with Crippen LogP contribution in [0.3, 0.4) is 0 Å². The number of rotatable bonds is 5. The Morgan fingerprint density at radius 3 is 2.28 bits per heavy atom. The summed E-state index contributed by atoms with van der Waals surface area (Å²) >= 11 is 0. The van der Waals surface area contributed by atoms with Crippen LogP contribution in [0, 0.1) is 13.8 Å². The van der Waals surface area contributed by atoms with E-state index in [1.165, 1.54) is 0 Å². The summed E-state index contributed by atoms with van der Waals surface area (Å²) < 4.78 is 5.67. The summed E-state index contributed by atoms with van der Waals surface area (Å²) in [5.74, 6) is 0.683. The predicted molar refractivity (Wildman–Crippen MR) is 73.9 cm³/mol. The van der Waals surface area contributed by atoms with Crippen LogP contribution in [0.5, 0.6) is 5.75 Å². The minimum absolute atomic E-state index is 0.0662. The summed E-state index contributed by atoms with van der Waals surface area (Å²) in [6.45, 7) is 9.84. The van der Waals surface area contributed by atoms with Crippen molar-refractivity contribution in [1.82, 2.24) is 5.32 Å². The molecule has 0 radical (unpaired) electrons. The van der Waals surface area contributed by atoms with E-state index < -0.39 is 6.10 Å². The maximum Gasteiger partial charge on any atom is 0.260 e. The second-order valence-electron chi connectivity index (χ2n) is 4.90. The third kappa shape index (κ3) is 4.40. The molecule has 1 amide bonds. The van der Waals surface area contributed by atoms with Gasteiger partial charge in [-0.3, -0.25) is 4.79 Å². The van der Waals surface area contributed by atoms with Gasteiger partial charge in [-0.25, -0.2) is 0 Å². The molecule has 0 aliphatic rings. The first-order valence-corrected chi connectivity index (χ1v) is 6.47. The Bertz CT molecular complexity index is 395. The van der Waals surface area contributed by atoms with Crippen molar-refractivity contribution < 1.29 is 9.53 Å². The van der Waals surface area contributed by atoms with Gasteiger partial charge in [-0.1, -0.05) is 13.0 Å². The smallest absolute Gasteiger partial charge is 0.260 e. The number of nitrogens with one attached hydrogen (secondary N) is 1. The van der Waals surface area contributed by atoms with Crippen LogP contribution in [-0.2, 0) is 4.79 Å². The van der Waals surface area contributed by atoms with Crippen LogP contribution in [-0.4, -0.2) is 18.1 Å². The lowest BCUT2D eigenvalue weighted by molar-refractivity contribution is -0.127. The van der Waals surface area contributed by atoms with Crippen molar-refractivity contribution in [2.75, 3.05) is 0 Å². The molecule has 0 aromatic heterocycles. The van der Waals surface area contributed by atoms with Gasteiger partial charge >= 0.3 is 0 Å². The number of carbonyl (C=O) groups is 1. The standard InChI is InChI=1S/C15H23NO2/c1-6-12(4)16-15(17)13(5)18-14-8-10(2)7-11(3)9-14/h7-9,12-13H,6H2,1-5H3,(H,16,17)/t12-,13-/m1/s1. The van der Waals surface area contributed by atoms with Gasteiger partial charge in [0, 0.05) is 6.04 Å². The van der Waals surface area contributed by atoms with E-state index >= 15 is 0 Å². The Morgan fingerprint density at radius 1 is 1.22 bits per heavy atom. The summed E-state index contributed by atoms with van der Waals surface area (Å²) in [5.41, 5.74) is 2.28. The molecule has 0 unspecified atom stereocenters. The molecule has 0 aliphatic heterocycles. The fraction of sp³-hybridized carbons (Fsp3) is 0.533. The van der Waals surface area contributed by atoms with Gasteiger partial charge in [-0.15, -0.1) is 0 Å². The van der Waals surface area contributed by atoms with Crippen LogP contribution in [0.1, 0.15) is 38.3 Å². The Kier molecular flexibility index (Phi) is 5.20. The lowest BCUT2D eigenvalue weighted by Gasteiger charge is -2.18. The fourth-order valence-electron chi connectivity index (χ4n) is 1.72. The Labute approximate surface area is 110 Å². The minimum atomic E-state index is -0.472. The van der Waals surface area contributed by atoms with Crippen molar-refractivity contribution in [1.29, 1.82) is 0 Å². The highest BCUT2D eigenvalue weighted by molar-refractivity contribution is 5.80. The first kappa shape index (κ1) is 14.6. The highest BCUT2D eigenvalue weighted by atomic mass is 16.5. The molecule has 1 N–H and O–H groups in total. The number of amides is 1. The van der Waals surface area contributed by atoms with Gasteiger partial charge in [-0.05, 0) is 57.4 Å². The van der Waals surface area contributed by atoms with Crippen LogP contribution in [0.15, 0.2) is 18.2 Å². The third-order valence-corrected chi connectivity index (χ3v) is 2.88. The topological polar surface area (TPSA) is 38.3 Å². The normalized spacial score (nSPS) is 13.8. The Morgan fingerprint density at radius 2 is 1.78 bits per heavy atom. The molecule has 1 aromatic carbocycles.